The first-order chi connectivity index (χ1) is 9.88. The molecule has 1 aromatic carbocycles. The van der Waals surface area contributed by atoms with Gasteiger partial charge in [-0.05, 0) is 38.1 Å². The molecule has 0 aromatic heterocycles. The van der Waals surface area contributed by atoms with E-state index in [9.17, 15) is 12.8 Å². The molecule has 0 aliphatic carbocycles. The standard InChI is InChI=1S/C15H25FN2O2S/c1-5-12(4)18(7-3)21(19,20)14-8-9-15(16)13(10-14)11-17-6-2/h8-10,12,17H,5-7,11H2,1-4H3. The van der Waals surface area contributed by atoms with Crippen molar-refractivity contribution in [3.05, 3.63) is 29.6 Å². The molecule has 0 aliphatic heterocycles. The van der Waals surface area contributed by atoms with Crippen molar-refractivity contribution >= 4 is 10.0 Å². The highest BCUT2D eigenvalue weighted by Gasteiger charge is 2.27. The molecule has 0 bridgehead atoms. The van der Waals surface area contributed by atoms with Crippen molar-refractivity contribution < 1.29 is 12.8 Å². The number of hydrogen-bond donors (Lipinski definition) is 1. The predicted molar refractivity (Wildman–Crippen MR) is 83.1 cm³/mol. The van der Waals surface area contributed by atoms with Crippen molar-refractivity contribution in [2.45, 2.75) is 51.6 Å². The lowest BCUT2D eigenvalue weighted by Gasteiger charge is -2.26. The van der Waals surface area contributed by atoms with Crippen molar-refractivity contribution in [3.63, 3.8) is 0 Å². The SMILES string of the molecule is CCNCc1cc(S(=O)(=O)N(CC)C(C)CC)ccc1F. The van der Waals surface area contributed by atoms with E-state index < -0.39 is 10.0 Å². The number of nitrogens with one attached hydrogen (secondary N) is 1. The third-order valence-electron chi connectivity index (χ3n) is 3.58. The Bertz CT molecular complexity index is 561. The highest BCUT2D eigenvalue weighted by Crippen LogP contribution is 2.21. The molecule has 0 spiro atoms. The Balaban J connectivity index is 3.18. The van der Waals surface area contributed by atoms with Crippen LogP contribution in [0.3, 0.4) is 0 Å². The van der Waals surface area contributed by atoms with Crippen LogP contribution in [0.15, 0.2) is 23.1 Å². The average Bonchev–Trinajstić information content (AvgIpc) is 2.46. The van der Waals surface area contributed by atoms with Gasteiger partial charge in [0.05, 0.1) is 4.90 Å². The lowest BCUT2D eigenvalue weighted by Crippen LogP contribution is -2.38. The van der Waals surface area contributed by atoms with Gasteiger partial charge in [0.1, 0.15) is 5.82 Å². The van der Waals surface area contributed by atoms with E-state index >= 15 is 0 Å². The Labute approximate surface area is 127 Å². The van der Waals surface area contributed by atoms with Crippen LogP contribution in [0, 0.1) is 5.82 Å². The van der Waals surface area contributed by atoms with Gasteiger partial charge >= 0.3 is 0 Å². The summed E-state index contributed by atoms with van der Waals surface area (Å²) >= 11 is 0. The molecule has 1 rings (SSSR count). The van der Waals surface area contributed by atoms with Gasteiger partial charge in [-0.15, -0.1) is 0 Å². The summed E-state index contributed by atoms with van der Waals surface area (Å²) in [6.07, 6.45) is 0.735. The molecule has 120 valence electrons. The lowest BCUT2D eigenvalue weighted by atomic mass is 10.2. The molecule has 1 N–H and O–H groups in total. The number of benzene rings is 1. The van der Waals surface area contributed by atoms with Gasteiger partial charge in [-0.3, -0.25) is 0 Å². The summed E-state index contributed by atoms with van der Waals surface area (Å²) in [4.78, 5) is 0.152. The monoisotopic (exact) mass is 316 g/mol. The predicted octanol–water partition coefficient (Wildman–Crippen LogP) is 2.74. The summed E-state index contributed by atoms with van der Waals surface area (Å²) in [7, 11) is -3.59. The molecule has 4 nitrogen and oxygen atoms in total. The van der Waals surface area contributed by atoms with Crippen LogP contribution in [0.2, 0.25) is 0 Å². The highest BCUT2D eigenvalue weighted by molar-refractivity contribution is 7.89. The fourth-order valence-electron chi connectivity index (χ4n) is 2.16. The topological polar surface area (TPSA) is 49.4 Å². The van der Waals surface area contributed by atoms with Crippen molar-refractivity contribution in [2.75, 3.05) is 13.1 Å². The van der Waals surface area contributed by atoms with Gasteiger partial charge in [-0.25, -0.2) is 12.8 Å². The van der Waals surface area contributed by atoms with E-state index in [1.807, 2.05) is 27.7 Å². The first kappa shape index (κ1) is 18.1. The normalized spacial score (nSPS) is 13.6. The zero-order valence-corrected chi connectivity index (χ0v) is 14.0. The van der Waals surface area contributed by atoms with Crippen LogP contribution < -0.4 is 5.32 Å². The van der Waals surface area contributed by atoms with E-state index in [0.717, 1.165) is 6.42 Å². The van der Waals surface area contributed by atoms with Gasteiger partial charge in [0.15, 0.2) is 0 Å². The summed E-state index contributed by atoms with van der Waals surface area (Å²) in [6, 6.07) is 3.91. The minimum Gasteiger partial charge on any atom is -0.313 e. The molecule has 0 heterocycles. The lowest BCUT2D eigenvalue weighted by molar-refractivity contribution is 0.342. The third-order valence-corrected chi connectivity index (χ3v) is 5.67. The van der Waals surface area contributed by atoms with Crippen molar-refractivity contribution in [1.29, 1.82) is 0 Å². The summed E-state index contributed by atoms with van der Waals surface area (Å²) in [5.74, 6) is -0.388. The van der Waals surface area contributed by atoms with E-state index in [-0.39, 0.29) is 16.8 Å². The molecule has 1 atom stereocenters. The number of halogens is 1. The number of hydrogen-bond acceptors (Lipinski definition) is 3. The molecule has 1 aromatic rings. The minimum atomic E-state index is -3.59. The summed E-state index contributed by atoms with van der Waals surface area (Å²) in [5.41, 5.74) is 0.373. The Kier molecular flexibility index (Phi) is 6.77. The molecular formula is C15H25FN2O2S. The fourth-order valence-corrected chi connectivity index (χ4v) is 3.93. The second-order valence-corrected chi connectivity index (χ2v) is 6.89. The molecule has 0 radical (unpaired) electrons. The maximum atomic E-state index is 13.7. The first-order valence-electron chi connectivity index (χ1n) is 7.39. The molecule has 0 saturated heterocycles. The smallest absolute Gasteiger partial charge is 0.243 e. The average molecular weight is 316 g/mol. The van der Waals surface area contributed by atoms with Crippen LogP contribution in [0.25, 0.3) is 0 Å². The molecular weight excluding hydrogens is 291 g/mol. The van der Waals surface area contributed by atoms with Crippen LogP contribution in [0.1, 0.15) is 39.7 Å². The van der Waals surface area contributed by atoms with Crippen LogP contribution in [-0.2, 0) is 16.6 Å². The first-order valence-corrected chi connectivity index (χ1v) is 8.83. The zero-order valence-electron chi connectivity index (χ0n) is 13.2. The van der Waals surface area contributed by atoms with Crippen LogP contribution >= 0.6 is 0 Å². The molecule has 0 saturated carbocycles. The maximum absolute atomic E-state index is 13.7. The van der Waals surface area contributed by atoms with E-state index in [4.69, 9.17) is 0 Å². The van der Waals surface area contributed by atoms with E-state index in [2.05, 4.69) is 5.32 Å². The molecule has 0 aliphatic rings. The van der Waals surface area contributed by atoms with Crippen LogP contribution in [0.5, 0.6) is 0 Å². The van der Waals surface area contributed by atoms with Crippen molar-refractivity contribution in [3.8, 4) is 0 Å². The molecule has 0 amide bonds. The number of sulfonamides is 1. The zero-order chi connectivity index (χ0) is 16.0. The Hall–Kier alpha value is -0.980. The van der Waals surface area contributed by atoms with E-state index in [0.29, 0.717) is 25.2 Å². The molecule has 0 fully saturated rings. The van der Waals surface area contributed by atoms with Crippen LogP contribution in [0.4, 0.5) is 4.39 Å². The minimum absolute atomic E-state index is 0.0812. The Morgan fingerprint density at radius 3 is 2.48 bits per heavy atom. The van der Waals surface area contributed by atoms with Gasteiger partial charge < -0.3 is 5.32 Å². The maximum Gasteiger partial charge on any atom is 0.243 e. The van der Waals surface area contributed by atoms with Gasteiger partial charge in [-0.2, -0.15) is 4.31 Å². The summed E-state index contributed by atoms with van der Waals surface area (Å²) < 4.78 is 40.6. The van der Waals surface area contributed by atoms with E-state index in [1.165, 1.54) is 22.5 Å². The quantitative estimate of drug-likeness (QED) is 0.802. The van der Waals surface area contributed by atoms with Crippen molar-refractivity contribution in [2.24, 2.45) is 0 Å². The summed E-state index contributed by atoms with van der Waals surface area (Å²) in [5, 5.41) is 3.01. The highest BCUT2D eigenvalue weighted by atomic mass is 32.2. The summed E-state index contributed by atoms with van der Waals surface area (Å²) in [6.45, 7) is 8.98. The molecule has 6 heteroatoms. The van der Waals surface area contributed by atoms with Gasteiger partial charge in [0.25, 0.3) is 0 Å². The number of rotatable bonds is 8. The van der Waals surface area contributed by atoms with Gasteiger partial charge in [0, 0.05) is 24.7 Å². The van der Waals surface area contributed by atoms with Gasteiger partial charge in [0.2, 0.25) is 10.0 Å². The largest absolute Gasteiger partial charge is 0.313 e. The molecule has 21 heavy (non-hydrogen) atoms. The second-order valence-electron chi connectivity index (χ2n) is 5.00. The van der Waals surface area contributed by atoms with E-state index in [1.54, 1.807) is 0 Å². The fraction of sp³-hybridized carbons (Fsp3) is 0.600. The Morgan fingerprint density at radius 1 is 1.29 bits per heavy atom. The molecule has 1 unspecified atom stereocenters. The van der Waals surface area contributed by atoms with Gasteiger partial charge in [-0.1, -0.05) is 20.8 Å². The third kappa shape index (κ3) is 4.25. The van der Waals surface area contributed by atoms with Crippen molar-refractivity contribution in [1.82, 2.24) is 9.62 Å². The van der Waals surface area contributed by atoms with Crippen LogP contribution in [-0.4, -0.2) is 31.9 Å². The number of nitrogens with zero attached hydrogens (tertiary/aromatic N) is 1. The Morgan fingerprint density at radius 2 is 1.95 bits per heavy atom. The second kappa shape index (κ2) is 7.87.